The highest BCUT2D eigenvalue weighted by Crippen LogP contribution is 2.25. The van der Waals surface area contributed by atoms with Gasteiger partial charge in [-0.2, -0.15) is 0 Å². The molecule has 0 spiro atoms. The number of carbonyl (C=O) groups is 2. The summed E-state index contributed by atoms with van der Waals surface area (Å²) in [5.41, 5.74) is 1.91. The van der Waals surface area contributed by atoms with Crippen LogP contribution in [0.15, 0.2) is 47.4 Å². The Morgan fingerprint density at radius 2 is 1.73 bits per heavy atom. The van der Waals surface area contributed by atoms with Crippen molar-refractivity contribution < 1.29 is 14.7 Å². The first kappa shape index (κ1) is 19.4. The molecule has 0 aliphatic carbocycles. The van der Waals surface area contributed by atoms with Gasteiger partial charge in [-0.15, -0.1) is 0 Å². The Kier molecular flexibility index (Phi) is 5.65. The van der Waals surface area contributed by atoms with E-state index in [0.717, 1.165) is 11.1 Å². The highest BCUT2D eigenvalue weighted by atomic mass is 16.4. The number of amides is 1. The standard InChI is InChI=1S/C20H24N2O4/c1-20(2,3)15-8-5-13(6-9-15)16(11-18(24)25)21-19(26)14-7-10-17(23)22(4)12-14/h5-10,12,16H,11H2,1-4H3,(H,21,26)(H,24,25). The molecule has 0 bridgehead atoms. The van der Waals surface area contributed by atoms with Crippen molar-refractivity contribution >= 4 is 11.9 Å². The molecular weight excluding hydrogens is 332 g/mol. The van der Waals surface area contributed by atoms with Crippen molar-refractivity contribution in [2.45, 2.75) is 38.6 Å². The zero-order chi connectivity index (χ0) is 19.5. The van der Waals surface area contributed by atoms with Crippen LogP contribution >= 0.6 is 0 Å². The van der Waals surface area contributed by atoms with E-state index in [1.165, 1.54) is 22.9 Å². The van der Waals surface area contributed by atoms with Crippen molar-refractivity contribution in [2.24, 2.45) is 7.05 Å². The first-order valence-electron chi connectivity index (χ1n) is 8.37. The number of hydrogen-bond acceptors (Lipinski definition) is 3. The molecule has 0 saturated carbocycles. The van der Waals surface area contributed by atoms with Gasteiger partial charge in [0, 0.05) is 19.3 Å². The molecular formula is C20H24N2O4. The molecule has 0 saturated heterocycles. The second-order valence-electron chi connectivity index (χ2n) is 7.36. The first-order valence-corrected chi connectivity index (χ1v) is 8.37. The Labute approximate surface area is 152 Å². The molecule has 138 valence electrons. The van der Waals surface area contributed by atoms with Gasteiger partial charge in [0.25, 0.3) is 5.91 Å². The smallest absolute Gasteiger partial charge is 0.305 e. The number of aryl methyl sites for hydroxylation is 1. The number of carbonyl (C=O) groups excluding carboxylic acids is 1. The lowest BCUT2D eigenvalue weighted by Crippen LogP contribution is -2.31. The molecule has 6 nitrogen and oxygen atoms in total. The number of hydrogen-bond donors (Lipinski definition) is 2. The maximum atomic E-state index is 12.5. The maximum Gasteiger partial charge on any atom is 0.305 e. The number of nitrogens with zero attached hydrogens (tertiary/aromatic N) is 1. The monoisotopic (exact) mass is 356 g/mol. The molecule has 1 aromatic carbocycles. The van der Waals surface area contributed by atoms with Gasteiger partial charge in [-0.25, -0.2) is 0 Å². The Balaban J connectivity index is 2.26. The van der Waals surface area contributed by atoms with E-state index in [1.54, 1.807) is 7.05 Å². The van der Waals surface area contributed by atoms with Crippen molar-refractivity contribution in [3.8, 4) is 0 Å². The fourth-order valence-corrected chi connectivity index (χ4v) is 2.61. The number of rotatable bonds is 5. The number of benzene rings is 1. The molecule has 0 fully saturated rings. The summed E-state index contributed by atoms with van der Waals surface area (Å²) in [6.07, 6.45) is 1.20. The molecule has 0 aliphatic rings. The molecule has 6 heteroatoms. The van der Waals surface area contributed by atoms with Crippen molar-refractivity contribution in [1.82, 2.24) is 9.88 Å². The van der Waals surface area contributed by atoms with Crippen LogP contribution in [0.4, 0.5) is 0 Å². The van der Waals surface area contributed by atoms with Gasteiger partial charge in [0.2, 0.25) is 5.56 Å². The predicted octanol–water partition coefficient (Wildman–Crippen LogP) is 2.63. The third kappa shape index (κ3) is 4.81. The average Bonchev–Trinajstić information content (AvgIpc) is 2.55. The van der Waals surface area contributed by atoms with Gasteiger partial charge in [0.05, 0.1) is 18.0 Å². The van der Waals surface area contributed by atoms with Crippen LogP contribution in [0.3, 0.4) is 0 Å². The SMILES string of the molecule is Cn1cc(C(=O)NC(CC(=O)O)c2ccc(C(C)(C)C)cc2)ccc1=O. The fourth-order valence-electron chi connectivity index (χ4n) is 2.61. The molecule has 0 aliphatic heterocycles. The van der Waals surface area contributed by atoms with Gasteiger partial charge in [-0.3, -0.25) is 14.4 Å². The highest BCUT2D eigenvalue weighted by Gasteiger charge is 2.20. The predicted molar refractivity (Wildman–Crippen MR) is 99.3 cm³/mol. The van der Waals surface area contributed by atoms with Crippen LogP contribution in [0.2, 0.25) is 0 Å². The van der Waals surface area contributed by atoms with Gasteiger partial charge in [0.1, 0.15) is 0 Å². The van der Waals surface area contributed by atoms with E-state index in [0.29, 0.717) is 5.56 Å². The van der Waals surface area contributed by atoms with Crippen LogP contribution in [0, 0.1) is 0 Å². The van der Waals surface area contributed by atoms with E-state index < -0.39 is 17.9 Å². The summed E-state index contributed by atoms with van der Waals surface area (Å²) >= 11 is 0. The fraction of sp³-hybridized carbons (Fsp3) is 0.350. The van der Waals surface area contributed by atoms with Crippen LogP contribution in [0.25, 0.3) is 0 Å². The van der Waals surface area contributed by atoms with Crippen LogP contribution in [-0.4, -0.2) is 21.6 Å². The molecule has 1 unspecified atom stereocenters. The van der Waals surface area contributed by atoms with Crippen molar-refractivity contribution in [2.75, 3.05) is 0 Å². The van der Waals surface area contributed by atoms with Gasteiger partial charge >= 0.3 is 5.97 Å². The minimum Gasteiger partial charge on any atom is -0.481 e. The van der Waals surface area contributed by atoms with Gasteiger partial charge in [-0.05, 0) is 22.6 Å². The van der Waals surface area contributed by atoms with Crippen molar-refractivity contribution in [3.05, 3.63) is 69.6 Å². The quantitative estimate of drug-likeness (QED) is 0.862. The average molecular weight is 356 g/mol. The molecule has 1 heterocycles. The zero-order valence-electron chi connectivity index (χ0n) is 15.4. The Morgan fingerprint density at radius 3 is 2.23 bits per heavy atom. The lowest BCUT2D eigenvalue weighted by Gasteiger charge is -2.22. The highest BCUT2D eigenvalue weighted by molar-refractivity contribution is 5.94. The summed E-state index contributed by atoms with van der Waals surface area (Å²) in [4.78, 5) is 35.2. The molecule has 1 atom stereocenters. The summed E-state index contributed by atoms with van der Waals surface area (Å²) < 4.78 is 1.30. The normalized spacial score (nSPS) is 12.5. The molecule has 0 radical (unpaired) electrons. The molecule has 2 rings (SSSR count). The van der Waals surface area contributed by atoms with Crippen molar-refractivity contribution in [1.29, 1.82) is 0 Å². The molecule has 1 aromatic heterocycles. The van der Waals surface area contributed by atoms with E-state index in [2.05, 4.69) is 26.1 Å². The van der Waals surface area contributed by atoms with E-state index in [4.69, 9.17) is 0 Å². The Morgan fingerprint density at radius 1 is 1.12 bits per heavy atom. The second kappa shape index (κ2) is 7.56. The number of carboxylic acid groups (broad SMARTS) is 1. The minimum absolute atomic E-state index is 0.0150. The lowest BCUT2D eigenvalue weighted by molar-refractivity contribution is -0.137. The third-order valence-electron chi connectivity index (χ3n) is 4.21. The molecule has 2 N–H and O–H groups in total. The molecule has 1 amide bonds. The first-order chi connectivity index (χ1) is 12.1. The zero-order valence-corrected chi connectivity index (χ0v) is 15.4. The van der Waals surface area contributed by atoms with Crippen LogP contribution in [0.1, 0.15) is 54.7 Å². The largest absolute Gasteiger partial charge is 0.481 e. The van der Waals surface area contributed by atoms with Crippen LogP contribution in [0.5, 0.6) is 0 Å². The van der Waals surface area contributed by atoms with Gasteiger partial charge in [-0.1, -0.05) is 45.0 Å². The van der Waals surface area contributed by atoms with Crippen LogP contribution < -0.4 is 10.9 Å². The summed E-state index contributed by atoms with van der Waals surface area (Å²) in [6, 6.07) is 9.65. The molecule has 26 heavy (non-hydrogen) atoms. The number of aromatic nitrogens is 1. The van der Waals surface area contributed by atoms with Gasteiger partial charge < -0.3 is 15.0 Å². The van der Waals surface area contributed by atoms with Crippen LogP contribution in [-0.2, 0) is 17.3 Å². The van der Waals surface area contributed by atoms with E-state index in [9.17, 15) is 19.5 Å². The maximum absolute atomic E-state index is 12.5. The summed E-state index contributed by atoms with van der Waals surface area (Å²) in [6.45, 7) is 6.29. The summed E-state index contributed by atoms with van der Waals surface area (Å²) in [5.74, 6) is -1.43. The topological polar surface area (TPSA) is 88.4 Å². The molecule has 2 aromatic rings. The second-order valence-corrected chi connectivity index (χ2v) is 7.36. The van der Waals surface area contributed by atoms with E-state index in [-0.39, 0.29) is 17.4 Å². The third-order valence-corrected chi connectivity index (χ3v) is 4.21. The van der Waals surface area contributed by atoms with E-state index >= 15 is 0 Å². The number of pyridine rings is 1. The lowest BCUT2D eigenvalue weighted by atomic mass is 9.86. The number of carboxylic acids is 1. The Bertz CT molecular complexity index is 861. The summed E-state index contributed by atoms with van der Waals surface area (Å²) in [5, 5.41) is 11.9. The van der Waals surface area contributed by atoms with E-state index in [1.807, 2.05) is 24.3 Å². The minimum atomic E-state index is -1.00. The Hall–Kier alpha value is -2.89. The number of aliphatic carboxylic acids is 1. The number of nitrogens with one attached hydrogen (secondary N) is 1. The summed E-state index contributed by atoms with van der Waals surface area (Å²) in [7, 11) is 1.55. The van der Waals surface area contributed by atoms with Crippen molar-refractivity contribution in [3.63, 3.8) is 0 Å². The van der Waals surface area contributed by atoms with Gasteiger partial charge in [0.15, 0.2) is 0 Å².